The molecule has 4 heteroatoms. The summed E-state index contributed by atoms with van der Waals surface area (Å²) in [4.78, 5) is 0. The molecular formula is C13H20N2O2. The van der Waals surface area contributed by atoms with Gasteiger partial charge in [-0.15, -0.1) is 0 Å². The maximum Gasteiger partial charge on any atom is 0.150 e. The van der Waals surface area contributed by atoms with Gasteiger partial charge >= 0.3 is 0 Å². The molecule has 2 aliphatic heterocycles. The van der Waals surface area contributed by atoms with Crippen LogP contribution in [0.1, 0.15) is 49.9 Å². The highest BCUT2D eigenvalue weighted by atomic mass is 16.5. The first-order chi connectivity index (χ1) is 8.45. The Balaban J connectivity index is 1.77. The fourth-order valence-electron chi connectivity index (χ4n) is 2.78. The summed E-state index contributed by atoms with van der Waals surface area (Å²) in [6.45, 7) is 2.61. The maximum absolute atomic E-state index is 5.81. The highest BCUT2D eigenvalue weighted by Gasteiger charge is 2.24. The predicted octanol–water partition coefficient (Wildman–Crippen LogP) is 2.48. The van der Waals surface area contributed by atoms with Crippen molar-refractivity contribution in [3.05, 3.63) is 18.0 Å². The summed E-state index contributed by atoms with van der Waals surface area (Å²) in [7, 11) is 0. The first-order valence-electron chi connectivity index (χ1n) is 6.68. The lowest BCUT2D eigenvalue weighted by Crippen LogP contribution is -2.25. The molecule has 4 nitrogen and oxygen atoms in total. The monoisotopic (exact) mass is 236 g/mol. The van der Waals surface area contributed by atoms with Crippen molar-refractivity contribution in [3.63, 3.8) is 0 Å². The van der Waals surface area contributed by atoms with E-state index < -0.39 is 0 Å². The molecule has 2 aliphatic rings. The van der Waals surface area contributed by atoms with Gasteiger partial charge in [0.25, 0.3) is 0 Å². The van der Waals surface area contributed by atoms with Gasteiger partial charge in [0.2, 0.25) is 0 Å². The molecule has 3 heterocycles. The zero-order valence-electron chi connectivity index (χ0n) is 10.2. The Hall–Kier alpha value is -0.870. The van der Waals surface area contributed by atoms with Crippen molar-refractivity contribution in [2.24, 2.45) is 0 Å². The molecule has 1 aromatic heterocycles. The van der Waals surface area contributed by atoms with Gasteiger partial charge in [-0.2, -0.15) is 5.10 Å². The van der Waals surface area contributed by atoms with E-state index in [1.54, 1.807) is 0 Å². The molecule has 0 N–H and O–H groups in total. The lowest BCUT2D eigenvalue weighted by molar-refractivity contribution is -0.0432. The van der Waals surface area contributed by atoms with Crippen molar-refractivity contribution in [1.82, 2.24) is 9.78 Å². The number of nitrogens with zero attached hydrogens (tertiary/aromatic N) is 2. The van der Waals surface area contributed by atoms with Crippen molar-refractivity contribution in [2.75, 3.05) is 19.8 Å². The van der Waals surface area contributed by atoms with Crippen LogP contribution in [0.3, 0.4) is 0 Å². The quantitative estimate of drug-likeness (QED) is 0.791. The number of aromatic nitrogens is 2. The van der Waals surface area contributed by atoms with Crippen molar-refractivity contribution < 1.29 is 9.47 Å². The van der Waals surface area contributed by atoms with Crippen LogP contribution >= 0.6 is 0 Å². The Morgan fingerprint density at radius 1 is 1.18 bits per heavy atom. The first kappa shape index (κ1) is 11.2. The molecule has 94 valence electrons. The second-order valence-corrected chi connectivity index (χ2v) is 4.94. The van der Waals surface area contributed by atoms with E-state index in [0.29, 0.717) is 5.92 Å². The molecule has 2 saturated heterocycles. The lowest BCUT2D eigenvalue weighted by Gasteiger charge is -2.28. The molecule has 0 aromatic carbocycles. The molecule has 0 radical (unpaired) electrons. The summed E-state index contributed by atoms with van der Waals surface area (Å²) in [5.41, 5.74) is 1.29. The van der Waals surface area contributed by atoms with Crippen LogP contribution in [-0.2, 0) is 9.47 Å². The Morgan fingerprint density at radius 3 is 2.94 bits per heavy atom. The number of hydrogen-bond donors (Lipinski definition) is 0. The van der Waals surface area contributed by atoms with Crippen molar-refractivity contribution >= 4 is 0 Å². The minimum absolute atomic E-state index is 0.149. The summed E-state index contributed by atoms with van der Waals surface area (Å²) in [5, 5.41) is 4.45. The van der Waals surface area contributed by atoms with Crippen LogP contribution in [0.5, 0.6) is 0 Å². The standard InChI is InChI=1S/C13H20N2O2/c1-2-9-17-13(5-1)15-12(6-7-14-15)11-4-3-8-16-10-11/h6-7,11,13H,1-5,8-10H2. The van der Waals surface area contributed by atoms with Gasteiger partial charge in [-0.1, -0.05) is 0 Å². The van der Waals surface area contributed by atoms with Crippen LogP contribution in [0, 0.1) is 0 Å². The molecule has 1 aromatic rings. The first-order valence-corrected chi connectivity index (χ1v) is 6.68. The Morgan fingerprint density at radius 2 is 2.18 bits per heavy atom. The minimum Gasteiger partial charge on any atom is -0.381 e. The molecule has 2 unspecified atom stereocenters. The van der Waals surface area contributed by atoms with Crippen LogP contribution in [-0.4, -0.2) is 29.6 Å². The number of ether oxygens (including phenoxy) is 2. The summed E-state index contributed by atoms with van der Waals surface area (Å²) >= 11 is 0. The summed E-state index contributed by atoms with van der Waals surface area (Å²) in [6.07, 6.45) is 7.91. The minimum atomic E-state index is 0.149. The molecule has 0 saturated carbocycles. The highest BCUT2D eigenvalue weighted by Crippen LogP contribution is 2.30. The fraction of sp³-hybridized carbons (Fsp3) is 0.769. The number of hydrogen-bond acceptors (Lipinski definition) is 3. The Kier molecular flexibility index (Phi) is 3.43. The molecule has 3 rings (SSSR count). The van der Waals surface area contributed by atoms with Gasteiger partial charge in [-0.3, -0.25) is 0 Å². The largest absolute Gasteiger partial charge is 0.381 e. The Labute approximate surface area is 102 Å². The zero-order chi connectivity index (χ0) is 11.5. The van der Waals surface area contributed by atoms with Crippen LogP contribution in [0.25, 0.3) is 0 Å². The smallest absolute Gasteiger partial charge is 0.150 e. The van der Waals surface area contributed by atoms with E-state index in [2.05, 4.69) is 15.8 Å². The fourth-order valence-corrected chi connectivity index (χ4v) is 2.78. The van der Waals surface area contributed by atoms with Gasteiger partial charge in [-0.25, -0.2) is 4.68 Å². The van der Waals surface area contributed by atoms with Crippen molar-refractivity contribution in [3.8, 4) is 0 Å². The normalized spacial score (nSPS) is 30.4. The highest BCUT2D eigenvalue weighted by molar-refractivity contribution is 5.09. The van der Waals surface area contributed by atoms with Gasteiger partial charge in [-0.05, 0) is 38.2 Å². The SMILES string of the molecule is c1cc(C2CCCOC2)n(C2CCCCO2)n1. The molecule has 2 atom stereocenters. The van der Waals surface area contributed by atoms with Crippen LogP contribution in [0.2, 0.25) is 0 Å². The molecule has 0 amide bonds. The van der Waals surface area contributed by atoms with Crippen LogP contribution < -0.4 is 0 Å². The van der Waals surface area contributed by atoms with E-state index in [9.17, 15) is 0 Å². The van der Waals surface area contributed by atoms with Gasteiger partial charge < -0.3 is 9.47 Å². The third-order valence-electron chi connectivity index (χ3n) is 3.71. The Bertz CT molecular complexity index is 320. The molecule has 17 heavy (non-hydrogen) atoms. The summed E-state index contributed by atoms with van der Waals surface area (Å²) in [5.74, 6) is 0.497. The third kappa shape index (κ3) is 2.38. The van der Waals surface area contributed by atoms with Gasteiger partial charge in [0.1, 0.15) is 6.23 Å². The van der Waals surface area contributed by atoms with E-state index >= 15 is 0 Å². The molecule has 0 bridgehead atoms. The molecule has 2 fully saturated rings. The van der Waals surface area contributed by atoms with Crippen LogP contribution in [0.15, 0.2) is 12.3 Å². The van der Waals surface area contributed by atoms with Gasteiger partial charge in [0.05, 0.1) is 6.61 Å². The van der Waals surface area contributed by atoms with Gasteiger partial charge in [0, 0.05) is 31.0 Å². The van der Waals surface area contributed by atoms with E-state index in [1.807, 2.05) is 6.20 Å². The molecular weight excluding hydrogens is 216 g/mol. The average molecular weight is 236 g/mol. The second kappa shape index (κ2) is 5.19. The third-order valence-corrected chi connectivity index (χ3v) is 3.71. The molecule has 0 spiro atoms. The van der Waals surface area contributed by atoms with Crippen molar-refractivity contribution in [2.45, 2.75) is 44.2 Å². The lowest BCUT2D eigenvalue weighted by atomic mass is 9.98. The van der Waals surface area contributed by atoms with E-state index in [-0.39, 0.29) is 6.23 Å². The zero-order valence-corrected chi connectivity index (χ0v) is 10.2. The van der Waals surface area contributed by atoms with E-state index in [0.717, 1.165) is 32.7 Å². The summed E-state index contributed by atoms with van der Waals surface area (Å²) in [6, 6.07) is 2.12. The van der Waals surface area contributed by atoms with E-state index in [1.165, 1.54) is 25.0 Å². The van der Waals surface area contributed by atoms with E-state index in [4.69, 9.17) is 9.47 Å². The summed E-state index contributed by atoms with van der Waals surface area (Å²) < 4.78 is 13.5. The topological polar surface area (TPSA) is 36.3 Å². The average Bonchev–Trinajstić information content (AvgIpc) is 2.90. The van der Waals surface area contributed by atoms with Gasteiger partial charge in [0.15, 0.2) is 0 Å². The number of rotatable bonds is 2. The molecule has 0 aliphatic carbocycles. The van der Waals surface area contributed by atoms with Crippen molar-refractivity contribution in [1.29, 1.82) is 0 Å². The second-order valence-electron chi connectivity index (χ2n) is 4.94. The predicted molar refractivity (Wildman–Crippen MR) is 63.9 cm³/mol. The maximum atomic E-state index is 5.81. The van der Waals surface area contributed by atoms with Crippen LogP contribution in [0.4, 0.5) is 0 Å².